The molecule has 3 rings (SSSR count). The molecule has 1 heterocycles. The molecule has 0 atom stereocenters. The van der Waals surface area contributed by atoms with E-state index in [1.807, 2.05) is 61.7 Å². The van der Waals surface area contributed by atoms with Crippen molar-refractivity contribution in [3.8, 4) is 0 Å². The van der Waals surface area contributed by atoms with E-state index in [9.17, 15) is 4.79 Å². The lowest BCUT2D eigenvalue weighted by Crippen LogP contribution is -2.15. The summed E-state index contributed by atoms with van der Waals surface area (Å²) in [4.78, 5) is 17.8. The van der Waals surface area contributed by atoms with Crippen LogP contribution in [-0.2, 0) is 11.2 Å². The van der Waals surface area contributed by atoms with Gasteiger partial charge in [-0.05, 0) is 43.2 Å². The molecule has 0 aliphatic carbocycles. The quantitative estimate of drug-likeness (QED) is 0.694. The maximum atomic E-state index is 12.2. The number of benzene rings is 2. The molecular formula is C19H18N2OS2. The highest BCUT2D eigenvalue weighted by molar-refractivity contribution is 8.01. The Labute approximate surface area is 150 Å². The summed E-state index contributed by atoms with van der Waals surface area (Å²) < 4.78 is 1.03. The maximum absolute atomic E-state index is 12.2. The zero-order chi connectivity index (χ0) is 16.9. The Morgan fingerprint density at radius 3 is 2.62 bits per heavy atom. The smallest absolute Gasteiger partial charge is 0.228 e. The van der Waals surface area contributed by atoms with Crippen LogP contribution in [0.1, 0.15) is 16.8 Å². The summed E-state index contributed by atoms with van der Waals surface area (Å²) in [5.41, 5.74) is 3.97. The fourth-order valence-corrected chi connectivity index (χ4v) is 4.20. The molecule has 122 valence electrons. The summed E-state index contributed by atoms with van der Waals surface area (Å²) in [6, 6.07) is 15.8. The number of carbonyl (C=O) groups excluding carboxylic acids is 1. The average Bonchev–Trinajstić information content (AvgIpc) is 2.96. The molecule has 1 aromatic heterocycles. The highest BCUT2D eigenvalue weighted by Crippen LogP contribution is 2.32. The minimum atomic E-state index is 0.000233. The van der Waals surface area contributed by atoms with E-state index in [1.54, 1.807) is 23.1 Å². The van der Waals surface area contributed by atoms with Gasteiger partial charge < -0.3 is 5.32 Å². The number of hydrogen-bond donors (Lipinski definition) is 1. The van der Waals surface area contributed by atoms with Gasteiger partial charge >= 0.3 is 0 Å². The molecule has 0 unspecified atom stereocenters. The number of nitrogens with one attached hydrogen (secondary N) is 1. The Hall–Kier alpha value is -2.11. The fourth-order valence-electron chi connectivity index (χ4n) is 2.30. The van der Waals surface area contributed by atoms with Crippen molar-refractivity contribution in [2.75, 3.05) is 5.32 Å². The number of hydrogen-bond acceptors (Lipinski definition) is 4. The van der Waals surface area contributed by atoms with Crippen molar-refractivity contribution in [2.45, 2.75) is 29.5 Å². The lowest BCUT2D eigenvalue weighted by molar-refractivity contribution is -0.115. The molecule has 1 amide bonds. The summed E-state index contributed by atoms with van der Waals surface area (Å²) in [7, 11) is 0. The Morgan fingerprint density at radius 2 is 1.96 bits per heavy atom. The third kappa shape index (κ3) is 4.46. The molecule has 24 heavy (non-hydrogen) atoms. The predicted octanol–water partition coefficient (Wildman–Crippen LogP) is 5.09. The zero-order valence-corrected chi connectivity index (χ0v) is 15.2. The highest BCUT2D eigenvalue weighted by Gasteiger charge is 2.08. The van der Waals surface area contributed by atoms with Crippen LogP contribution in [0.5, 0.6) is 0 Å². The molecule has 0 spiro atoms. The molecule has 0 aliphatic rings. The molecule has 0 bridgehead atoms. The Bertz CT molecular complexity index is 844. The number of aromatic nitrogens is 1. The molecular weight excluding hydrogens is 336 g/mol. The summed E-state index contributed by atoms with van der Waals surface area (Å²) in [6.07, 6.45) is 0.384. The number of amides is 1. The molecule has 0 radical (unpaired) electrons. The van der Waals surface area contributed by atoms with E-state index in [0.29, 0.717) is 6.42 Å². The van der Waals surface area contributed by atoms with E-state index in [2.05, 4.69) is 16.4 Å². The minimum Gasteiger partial charge on any atom is -0.326 e. The Morgan fingerprint density at radius 1 is 1.17 bits per heavy atom. The zero-order valence-electron chi connectivity index (χ0n) is 13.6. The second kappa shape index (κ2) is 7.64. The van der Waals surface area contributed by atoms with E-state index in [4.69, 9.17) is 0 Å². The summed E-state index contributed by atoms with van der Waals surface area (Å²) in [6.45, 7) is 4.01. The maximum Gasteiger partial charge on any atom is 0.228 e. The third-order valence-electron chi connectivity index (χ3n) is 3.48. The Balaban J connectivity index is 1.65. The molecule has 3 nitrogen and oxygen atoms in total. The van der Waals surface area contributed by atoms with Gasteiger partial charge in [0.25, 0.3) is 0 Å². The summed E-state index contributed by atoms with van der Waals surface area (Å²) in [5, 5.41) is 5.04. The lowest BCUT2D eigenvalue weighted by Gasteiger charge is -2.10. The number of carbonyl (C=O) groups is 1. The first-order valence-electron chi connectivity index (χ1n) is 7.64. The number of rotatable bonds is 5. The average molecular weight is 355 g/mol. The van der Waals surface area contributed by atoms with Crippen molar-refractivity contribution in [1.29, 1.82) is 0 Å². The van der Waals surface area contributed by atoms with E-state index >= 15 is 0 Å². The topological polar surface area (TPSA) is 42.0 Å². The first-order valence-corrected chi connectivity index (χ1v) is 9.34. The van der Waals surface area contributed by atoms with Gasteiger partial charge in [-0.15, -0.1) is 11.3 Å². The third-order valence-corrected chi connectivity index (χ3v) is 5.53. The van der Waals surface area contributed by atoms with Gasteiger partial charge in [-0.2, -0.15) is 0 Å². The fraction of sp³-hybridized carbons (Fsp3) is 0.158. The van der Waals surface area contributed by atoms with Gasteiger partial charge in [-0.3, -0.25) is 4.79 Å². The normalized spacial score (nSPS) is 10.6. The van der Waals surface area contributed by atoms with E-state index < -0.39 is 0 Å². The number of anilines is 1. The van der Waals surface area contributed by atoms with Crippen molar-refractivity contribution >= 4 is 34.7 Å². The van der Waals surface area contributed by atoms with E-state index in [-0.39, 0.29) is 5.91 Å². The monoisotopic (exact) mass is 354 g/mol. The van der Waals surface area contributed by atoms with Crippen molar-refractivity contribution in [3.63, 3.8) is 0 Å². The first-order chi connectivity index (χ1) is 11.6. The summed E-state index contributed by atoms with van der Waals surface area (Å²) >= 11 is 3.30. The van der Waals surface area contributed by atoms with Crippen LogP contribution in [0, 0.1) is 13.8 Å². The van der Waals surface area contributed by atoms with Gasteiger partial charge in [0.15, 0.2) is 4.34 Å². The molecule has 5 heteroatoms. The van der Waals surface area contributed by atoms with Crippen molar-refractivity contribution < 1.29 is 4.79 Å². The van der Waals surface area contributed by atoms with Gasteiger partial charge in [0.1, 0.15) is 0 Å². The van der Waals surface area contributed by atoms with Crippen LogP contribution in [-0.4, -0.2) is 10.9 Å². The van der Waals surface area contributed by atoms with Crippen molar-refractivity contribution in [2.24, 2.45) is 0 Å². The molecule has 2 aromatic carbocycles. The number of nitrogens with zero attached hydrogens (tertiary/aromatic N) is 1. The van der Waals surface area contributed by atoms with Crippen LogP contribution in [0.3, 0.4) is 0 Å². The minimum absolute atomic E-state index is 0.000233. The van der Waals surface area contributed by atoms with Crippen LogP contribution in [0.2, 0.25) is 0 Å². The molecule has 1 N–H and O–H groups in total. The van der Waals surface area contributed by atoms with Crippen LogP contribution in [0.15, 0.2) is 63.1 Å². The van der Waals surface area contributed by atoms with Gasteiger partial charge in [-0.1, -0.05) is 42.1 Å². The van der Waals surface area contributed by atoms with Gasteiger partial charge in [0, 0.05) is 21.7 Å². The highest BCUT2D eigenvalue weighted by atomic mass is 32.2. The largest absolute Gasteiger partial charge is 0.326 e. The predicted molar refractivity (Wildman–Crippen MR) is 101 cm³/mol. The van der Waals surface area contributed by atoms with Gasteiger partial charge in [0.05, 0.1) is 6.42 Å². The van der Waals surface area contributed by atoms with Gasteiger partial charge in [-0.25, -0.2) is 4.98 Å². The van der Waals surface area contributed by atoms with Crippen LogP contribution >= 0.6 is 23.1 Å². The molecule has 3 aromatic rings. The Kier molecular flexibility index (Phi) is 5.33. The molecule has 0 fully saturated rings. The van der Waals surface area contributed by atoms with Crippen molar-refractivity contribution in [3.05, 3.63) is 70.7 Å². The van der Waals surface area contributed by atoms with E-state index in [1.165, 1.54) is 0 Å². The molecule has 0 saturated heterocycles. The second-order valence-electron chi connectivity index (χ2n) is 5.54. The second-order valence-corrected chi connectivity index (χ2v) is 7.72. The van der Waals surface area contributed by atoms with Gasteiger partial charge in [0.2, 0.25) is 5.91 Å². The number of aryl methyl sites for hydroxylation is 2. The van der Waals surface area contributed by atoms with Crippen molar-refractivity contribution in [1.82, 2.24) is 4.98 Å². The molecule has 0 saturated carbocycles. The van der Waals surface area contributed by atoms with Crippen LogP contribution < -0.4 is 5.32 Å². The summed E-state index contributed by atoms with van der Waals surface area (Å²) in [5.74, 6) is 0.000233. The molecule has 0 aliphatic heterocycles. The standard InChI is InChI=1S/C19H18N2OS2/c1-13-10-16(24-19-20-14(2)12-23-19)8-9-17(13)21-18(22)11-15-6-4-3-5-7-15/h3-10,12H,11H2,1-2H3,(H,21,22). The van der Waals surface area contributed by atoms with Crippen LogP contribution in [0.4, 0.5) is 5.69 Å². The SMILES string of the molecule is Cc1csc(Sc2ccc(NC(=O)Cc3ccccc3)c(C)c2)n1. The first kappa shape index (κ1) is 16.7. The lowest BCUT2D eigenvalue weighted by atomic mass is 10.1. The van der Waals surface area contributed by atoms with Crippen LogP contribution in [0.25, 0.3) is 0 Å². The number of thiazole rings is 1. The van der Waals surface area contributed by atoms with E-state index in [0.717, 1.165) is 31.7 Å².